The molecule has 0 atom stereocenters. The fourth-order valence-electron chi connectivity index (χ4n) is 1.85. The number of pyridine rings is 1. The Bertz CT molecular complexity index is 624. The summed E-state index contributed by atoms with van der Waals surface area (Å²) in [4.78, 5) is 4.20. The lowest BCUT2D eigenvalue weighted by Gasteiger charge is -2.17. The van der Waals surface area contributed by atoms with Crippen molar-refractivity contribution in [2.75, 3.05) is 0 Å². The molecule has 2 aromatic heterocycles. The molecule has 2 rings (SSSR count). The van der Waals surface area contributed by atoms with Gasteiger partial charge in [0.15, 0.2) is 0 Å². The zero-order valence-electron chi connectivity index (χ0n) is 11.3. The number of H-pyrrole nitrogens is 1. The van der Waals surface area contributed by atoms with E-state index in [0.29, 0.717) is 11.3 Å². The first-order valence-electron chi connectivity index (χ1n) is 6.09. The van der Waals surface area contributed by atoms with Crippen LogP contribution in [-0.2, 0) is 5.41 Å². The van der Waals surface area contributed by atoms with Gasteiger partial charge in [0.25, 0.3) is 0 Å². The predicted molar refractivity (Wildman–Crippen MR) is 75.0 cm³/mol. The van der Waals surface area contributed by atoms with E-state index in [9.17, 15) is 5.26 Å². The highest BCUT2D eigenvalue weighted by Gasteiger charge is 2.19. The molecule has 0 saturated heterocycles. The molecular weight excluding hydrogens is 236 g/mol. The number of rotatable bonds is 2. The van der Waals surface area contributed by atoms with Crippen LogP contribution >= 0.6 is 0 Å². The van der Waals surface area contributed by atoms with E-state index >= 15 is 0 Å². The van der Waals surface area contributed by atoms with Gasteiger partial charge in [-0.2, -0.15) is 10.4 Å². The highest BCUT2D eigenvalue weighted by molar-refractivity contribution is 5.88. The molecule has 2 heterocycles. The standard InChI is InChI=1S/C15H16N4/c1-15(2,3)14-12(10-18-19-14)8-11(9-16)13-6-4-5-7-17-13/h4-8,10H,1-3H3,(H,18,19)/b11-8-. The number of nitrogens with zero attached hydrogens (tertiary/aromatic N) is 3. The highest BCUT2D eigenvalue weighted by Crippen LogP contribution is 2.26. The monoisotopic (exact) mass is 252 g/mol. The maximum Gasteiger partial charge on any atom is 0.101 e. The molecule has 4 nitrogen and oxygen atoms in total. The number of nitriles is 1. The Labute approximate surface area is 112 Å². The van der Waals surface area contributed by atoms with Crippen molar-refractivity contribution < 1.29 is 0 Å². The van der Waals surface area contributed by atoms with Crippen LogP contribution < -0.4 is 0 Å². The van der Waals surface area contributed by atoms with E-state index in [-0.39, 0.29) is 5.41 Å². The smallest absolute Gasteiger partial charge is 0.101 e. The van der Waals surface area contributed by atoms with Crippen LogP contribution in [0.15, 0.2) is 30.6 Å². The number of hydrogen-bond acceptors (Lipinski definition) is 3. The molecule has 0 aliphatic carbocycles. The average Bonchev–Trinajstić information content (AvgIpc) is 2.85. The molecule has 2 aromatic rings. The number of allylic oxidation sites excluding steroid dienone is 1. The second kappa shape index (κ2) is 5.07. The van der Waals surface area contributed by atoms with Gasteiger partial charge < -0.3 is 0 Å². The summed E-state index contributed by atoms with van der Waals surface area (Å²) in [6.45, 7) is 6.31. The van der Waals surface area contributed by atoms with E-state index in [1.165, 1.54) is 0 Å². The summed E-state index contributed by atoms with van der Waals surface area (Å²) >= 11 is 0. The normalized spacial score (nSPS) is 12.2. The van der Waals surface area contributed by atoms with Crippen molar-refractivity contribution in [3.63, 3.8) is 0 Å². The molecule has 0 unspecified atom stereocenters. The van der Waals surface area contributed by atoms with E-state index in [2.05, 4.69) is 42.0 Å². The van der Waals surface area contributed by atoms with Crippen LogP contribution in [0.5, 0.6) is 0 Å². The van der Waals surface area contributed by atoms with E-state index in [0.717, 1.165) is 11.3 Å². The molecule has 0 aliphatic heterocycles. The third-order valence-electron chi connectivity index (χ3n) is 2.78. The molecule has 1 N–H and O–H groups in total. The minimum atomic E-state index is -0.0486. The summed E-state index contributed by atoms with van der Waals surface area (Å²) < 4.78 is 0. The van der Waals surface area contributed by atoms with Crippen LogP contribution in [0.3, 0.4) is 0 Å². The van der Waals surface area contributed by atoms with Gasteiger partial charge in [0.1, 0.15) is 6.07 Å². The van der Waals surface area contributed by atoms with Crippen LogP contribution in [0.25, 0.3) is 11.6 Å². The highest BCUT2D eigenvalue weighted by atomic mass is 15.1. The molecule has 4 heteroatoms. The van der Waals surface area contributed by atoms with Gasteiger partial charge in [-0.25, -0.2) is 0 Å². The van der Waals surface area contributed by atoms with Crippen LogP contribution in [0.2, 0.25) is 0 Å². The van der Waals surface area contributed by atoms with Crippen molar-refractivity contribution in [1.29, 1.82) is 5.26 Å². The maximum atomic E-state index is 9.28. The molecular formula is C15H16N4. The fraction of sp³-hybridized carbons (Fsp3) is 0.267. The second-order valence-electron chi connectivity index (χ2n) is 5.34. The van der Waals surface area contributed by atoms with Crippen molar-refractivity contribution >= 4 is 11.6 Å². The minimum absolute atomic E-state index is 0.0486. The van der Waals surface area contributed by atoms with Crippen molar-refractivity contribution in [3.8, 4) is 6.07 Å². The molecule has 0 aliphatic rings. The van der Waals surface area contributed by atoms with Gasteiger partial charge in [-0.1, -0.05) is 26.8 Å². The van der Waals surface area contributed by atoms with Crippen LogP contribution in [0.1, 0.15) is 37.7 Å². The predicted octanol–water partition coefficient (Wildman–Crippen LogP) is 3.17. The molecule has 0 aromatic carbocycles. The Morgan fingerprint density at radius 3 is 2.74 bits per heavy atom. The molecule has 0 amide bonds. The summed E-state index contributed by atoms with van der Waals surface area (Å²) in [6.07, 6.45) is 5.24. The topological polar surface area (TPSA) is 65.4 Å². The first-order chi connectivity index (χ1) is 9.02. The zero-order valence-corrected chi connectivity index (χ0v) is 11.3. The molecule has 19 heavy (non-hydrogen) atoms. The van der Waals surface area contributed by atoms with E-state index < -0.39 is 0 Å². The number of aromatic amines is 1. The Morgan fingerprint density at radius 2 is 2.16 bits per heavy atom. The van der Waals surface area contributed by atoms with E-state index in [4.69, 9.17) is 0 Å². The molecule has 96 valence electrons. The summed E-state index contributed by atoms with van der Waals surface area (Å²) in [5.74, 6) is 0. The lowest BCUT2D eigenvalue weighted by atomic mass is 9.89. The molecule has 0 bridgehead atoms. The van der Waals surface area contributed by atoms with Crippen molar-refractivity contribution in [3.05, 3.63) is 47.5 Å². The van der Waals surface area contributed by atoms with Crippen molar-refractivity contribution in [1.82, 2.24) is 15.2 Å². The van der Waals surface area contributed by atoms with Gasteiger partial charge in [0.2, 0.25) is 0 Å². The fourth-order valence-corrected chi connectivity index (χ4v) is 1.85. The largest absolute Gasteiger partial charge is 0.281 e. The number of hydrogen-bond donors (Lipinski definition) is 1. The Hall–Kier alpha value is -2.41. The quantitative estimate of drug-likeness (QED) is 0.835. The third-order valence-corrected chi connectivity index (χ3v) is 2.78. The van der Waals surface area contributed by atoms with Gasteiger partial charge in [-0.3, -0.25) is 10.1 Å². The van der Waals surface area contributed by atoms with Gasteiger partial charge in [-0.05, 0) is 18.2 Å². The van der Waals surface area contributed by atoms with Gasteiger partial charge in [0, 0.05) is 22.9 Å². The van der Waals surface area contributed by atoms with Gasteiger partial charge >= 0.3 is 0 Å². The minimum Gasteiger partial charge on any atom is -0.281 e. The summed E-state index contributed by atoms with van der Waals surface area (Å²) in [7, 11) is 0. The van der Waals surface area contributed by atoms with Crippen LogP contribution in [0.4, 0.5) is 0 Å². The SMILES string of the molecule is CC(C)(C)c1[nH]ncc1/C=C(/C#N)c1ccccn1. The summed E-state index contributed by atoms with van der Waals surface area (Å²) in [6, 6.07) is 7.72. The summed E-state index contributed by atoms with van der Waals surface area (Å²) in [5.41, 5.74) is 3.09. The van der Waals surface area contributed by atoms with Crippen molar-refractivity contribution in [2.24, 2.45) is 0 Å². The van der Waals surface area contributed by atoms with Crippen molar-refractivity contribution in [2.45, 2.75) is 26.2 Å². The molecule has 0 radical (unpaired) electrons. The second-order valence-corrected chi connectivity index (χ2v) is 5.34. The van der Waals surface area contributed by atoms with E-state index in [1.807, 2.05) is 24.3 Å². The Morgan fingerprint density at radius 1 is 1.37 bits per heavy atom. The van der Waals surface area contributed by atoms with Crippen LogP contribution in [-0.4, -0.2) is 15.2 Å². The Kier molecular flexibility index (Phi) is 3.48. The number of aromatic nitrogens is 3. The zero-order chi connectivity index (χ0) is 13.9. The van der Waals surface area contributed by atoms with Crippen LogP contribution in [0, 0.1) is 11.3 Å². The molecule has 0 spiro atoms. The third kappa shape index (κ3) is 2.89. The van der Waals surface area contributed by atoms with Gasteiger partial charge in [-0.15, -0.1) is 0 Å². The Balaban J connectivity index is 2.46. The summed E-state index contributed by atoms with van der Waals surface area (Å²) in [5, 5.41) is 16.4. The molecule has 0 saturated carbocycles. The van der Waals surface area contributed by atoms with E-state index in [1.54, 1.807) is 12.4 Å². The first-order valence-corrected chi connectivity index (χ1v) is 6.09. The average molecular weight is 252 g/mol. The number of nitrogens with one attached hydrogen (secondary N) is 1. The maximum absolute atomic E-state index is 9.28. The lowest BCUT2D eigenvalue weighted by Crippen LogP contribution is -2.13. The first kappa shape index (κ1) is 13.0. The lowest BCUT2D eigenvalue weighted by molar-refractivity contribution is 0.566. The molecule has 0 fully saturated rings. The van der Waals surface area contributed by atoms with Gasteiger partial charge in [0.05, 0.1) is 17.5 Å².